The predicted molar refractivity (Wildman–Crippen MR) is 237 cm³/mol. The Morgan fingerprint density at radius 3 is 1.20 bits per heavy atom. The van der Waals surface area contributed by atoms with Crippen LogP contribution in [0.25, 0.3) is 0 Å². The van der Waals surface area contributed by atoms with E-state index in [1.54, 1.807) is 0 Å². The first-order chi connectivity index (χ1) is 27.1. The Hall–Kier alpha value is -3.44. The fraction of sp³-hybridized carbons (Fsp3) is 0.600. The molecule has 0 aliphatic heterocycles. The first kappa shape index (κ1) is 51.6. The van der Waals surface area contributed by atoms with Crippen molar-refractivity contribution in [3.8, 4) is 0 Å². The molecule has 0 aromatic rings. The van der Waals surface area contributed by atoms with Crippen LogP contribution in [-0.2, 0) is 19.1 Å². The lowest BCUT2D eigenvalue weighted by Crippen LogP contribution is -2.28. The summed E-state index contributed by atoms with van der Waals surface area (Å²) in [6.45, 7) is 3.92. The van der Waals surface area contributed by atoms with E-state index in [4.69, 9.17) is 9.47 Å². The van der Waals surface area contributed by atoms with Gasteiger partial charge in [-0.05, 0) is 96.3 Å². The van der Waals surface area contributed by atoms with E-state index in [-0.39, 0.29) is 25.2 Å². The van der Waals surface area contributed by atoms with E-state index in [0.717, 1.165) is 109 Å². The Morgan fingerprint density at radius 2 is 0.782 bits per heavy atom. The van der Waals surface area contributed by atoms with Gasteiger partial charge in [-0.3, -0.25) is 9.59 Å². The zero-order chi connectivity index (χ0) is 40.0. The molecule has 0 spiro atoms. The molecule has 0 fully saturated rings. The number of aliphatic hydroxyl groups excluding tert-OH is 1. The average Bonchev–Trinajstić information content (AvgIpc) is 3.19. The minimum atomic E-state index is -0.789. The minimum absolute atomic E-state index is 0.0831. The lowest BCUT2D eigenvalue weighted by molar-refractivity contribution is -0.161. The van der Waals surface area contributed by atoms with Crippen molar-refractivity contribution < 1.29 is 24.2 Å². The first-order valence-electron chi connectivity index (χ1n) is 21.9. The van der Waals surface area contributed by atoms with E-state index >= 15 is 0 Å². The number of carbonyl (C=O) groups excluding carboxylic acids is 2. The molecule has 0 saturated carbocycles. The molecule has 0 aliphatic carbocycles. The molecule has 310 valence electrons. The van der Waals surface area contributed by atoms with Crippen LogP contribution in [0.1, 0.15) is 174 Å². The van der Waals surface area contributed by atoms with Crippen molar-refractivity contribution in [2.75, 3.05) is 13.2 Å². The standard InChI is InChI=1S/C50H80O5/c1-3-5-7-9-11-13-15-16-17-18-19-20-21-22-23-24-25-26-27-28-29-30-31-32-33-34-35-37-39-41-43-45-50(53)55-48(46-51)47-54-49(52)44-42-40-38-36-14-12-10-8-6-4-2/h5,7-8,10-11,13,16-17,19-20,22-23,25-26,28-29,31-32,48,51H,3-4,6,9,12,14-15,18,21,24,27,30,33-47H2,1-2H3/b7-5-,10-8-,13-11-,17-16-,20-19-,23-22-,26-25-,29-28-,32-31-. The number of aliphatic hydroxyl groups is 1. The van der Waals surface area contributed by atoms with Crippen LogP contribution in [0, 0.1) is 0 Å². The van der Waals surface area contributed by atoms with Crippen LogP contribution in [0.2, 0.25) is 0 Å². The number of rotatable bonds is 38. The normalized spacial score (nSPS) is 13.3. The summed E-state index contributed by atoms with van der Waals surface area (Å²) in [6, 6.07) is 0. The Bertz CT molecular complexity index is 1130. The van der Waals surface area contributed by atoms with E-state index in [0.29, 0.717) is 12.8 Å². The highest BCUT2D eigenvalue weighted by Crippen LogP contribution is 2.12. The van der Waals surface area contributed by atoms with Crippen molar-refractivity contribution in [3.05, 3.63) is 109 Å². The molecule has 0 radical (unpaired) electrons. The van der Waals surface area contributed by atoms with Gasteiger partial charge in [-0.2, -0.15) is 0 Å². The second-order valence-corrected chi connectivity index (χ2v) is 14.0. The summed E-state index contributed by atoms with van der Waals surface area (Å²) in [6.07, 6.45) is 64.5. The van der Waals surface area contributed by atoms with Gasteiger partial charge in [-0.25, -0.2) is 0 Å². The molecule has 5 heteroatoms. The number of unbranched alkanes of at least 4 members (excludes halogenated alkanes) is 12. The van der Waals surface area contributed by atoms with Crippen molar-refractivity contribution in [3.63, 3.8) is 0 Å². The van der Waals surface area contributed by atoms with Crippen molar-refractivity contribution in [1.29, 1.82) is 0 Å². The largest absolute Gasteiger partial charge is 0.462 e. The monoisotopic (exact) mass is 761 g/mol. The van der Waals surface area contributed by atoms with Crippen LogP contribution in [0.4, 0.5) is 0 Å². The number of ether oxygens (including phenoxy) is 2. The third-order valence-corrected chi connectivity index (χ3v) is 8.78. The topological polar surface area (TPSA) is 72.8 Å². The van der Waals surface area contributed by atoms with Gasteiger partial charge in [0.2, 0.25) is 0 Å². The van der Waals surface area contributed by atoms with Gasteiger partial charge in [0.15, 0.2) is 6.10 Å². The number of hydrogen-bond acceptors (Lipinski definition) is 5. The molecule has 1 atom stereocenters. The third kappa shape index (κ3) is 43.2. The van der Waals surface area contributed by atoms with Gasteiger partial charge in [0.25, 0.3) is 0 Å². The van der Waals surface area contributed by atoms with Gasteiger partial charge in [-0.1, -0.05) is 175 Å². The van der Waals surface area contributed by atoms with Crippen molar-refractivity contribution in [1.82, 2.24) is 0 Å². The molecular formula is C50H80O5. The molecule has 0 aromatic heterocycles. The Labute approximate surface area is 338 Å². The van der Waals surface area contributed by atoms with Crippen molar-refractivity contribution in [2.45, 2.75) is 180 Å². The van der Waals surface area contributed by atoms with Crippen LogP contribution in [0.15, 0.2) is 109 Å². The molecule has 1 N–H and O–H groups in total. The molecule has 0 bridgehead atoms. The molecular weight excluding hydrogens is 681 g/mol. The summed E-state index contributed by atoms with van der Waals surface area (Å²) < 4.78 is 10.6. The molecule has 0 saturated heterocycles. The molecule has 0 heterocycles. The molecule has 55 heavy (non-hydrogen) atoms. The minimum Gasteiger partial charge on any atom is -0.462 e. The molecule has 0 aliphatic rings. The smallest absolute Gasteiger partial charge is 0.306 e. The van der Waals surface area contributed by atoms with E-state index in [9.17, 15) is 14.7 Å². The number of hydrogen-bond donors (Lipinski definition) is 1. The Kier molecular flexibility index (Phi) is 42.1. The molecule has 0 aromatic carbocycles. The highest BCUT2D eigenvalue weighted by Gasteiger charge is 2.16. The van der Waals surface area contributed by atoms with Crippen LogP contribution in [0.3, 0.4) is 0 Å². The van der Waals surface area contributed by atoms with Gasteiger partial charge < -0.3 is 14.6 Å². The van der Waals surface area contributed by atoms with Crippen LogP contribution < -0.4 is 0 Å². The quantitative estimate of drug-likeness (QED) is 0.0385. The zero-order valence-electron chi connectivity index (χ0n) is 35.1. The second-order valence-electron chi connectivity index (χ2n) is 14.0. The maximum absolute atomic E-state index is 12.2. The third-order valence-electron chi connectivity index (χ3n) is 8.78. The number of carbonyl (C=O) groups is 2. The predicted octanol–water partition coefficient (Wildman–Crippen LogP) is 14.2. The van der Waals surface area contributed by atoms with Gasteiger partial charge in [-0.15, -0.1) is 0 Å². The van der Waals surface area contributed by atoms with Crippen LogP contribution >= 0.6 is 0 Å². The van der Waals surface area contributed by atoms with E-state index < -0.39 is 6.10 Å². The lowest BCUT2D eigenvalue weighted by atomic mass is 10.1. The SMILES string of the molecule is CC/C=C\C/C=C\C/C=C\C/C=C\C/C=C\C/C=C\C/C=C\C/C=C\CCCCCCCCC(=O)OC(CO)COC(=O)CCCCCCC/C=C\CCC. The fourth-order valence-corrected chi connectivity index (χ4v) is 5.51. The highest BCUT2D eigenvalue weighted by molar-refractivity contribution is 5.70. The van der Waals surface area contributed by atoms with Gasteiger partial charge in [0.05, 0.1) is 6.61 Å². The zero-order valence-corrected chi connectivity index (χ0v) is 35.1. The number of esters is 2. The van der Waals surface area contributed by atoms with E-state index in [2.05, 4.69) is 123 Å². The van der Waals surface area contributed by atoms with Gasteiger partial charge in [0, 0.05) is 12.8 Å². The summed E-state index contributed by atoms with van der Waals surface area (Å²) in [5.41, 5.74) is 0. The maximum Gasteiger partial charge on any atom is 0.306 e. The Balaban J connectivity index is 3.65. The van der Waals surface area contributed by atoms with Gasteiger partial charge in [0.1, 0.15) is 6.61 Å². The average molecular weight is 761 g/mol. The summed E-state index contributed by atoms with van der Waals surface area (Å²) in [7, 11) is 0. The van der Waals surface area contributed by atoms with Crippen LogP contribution in [-0.4, -0.2) is 36.4 Å². The lowest BCUT2D eigenvalue weighted by Gasteiger charge is -2.15. The van der Waals surface area contributed by atoms with Crippen LogP contribution in [0.5, 0.6) is 0 Å². The van der Waals surface area contributed by atoms with Crippen molar-refractivity contribution in [2.24, 2.45) is 0 Å². The summed E-state index contributed by atoms with van der Waals surface area (Å²) in [5.74, 6) is -0.631. The fourth-order valence-electron chi connectivity index (χ4n) is 5.51. The summed E-state index contributed by atoms with van der Waals surface area (Å²) >= 11 is 0. The second kappa shape index (κ2) is 45.0. The van der Waals surface area contributed by atoms with Gasteiger partial charge >= 0.3 is 11.9 Å². The number of allylic oxidation sites excluding steroid dienone is 18. The summed E-state index contributed by atoms with van der Waals surface area (Å²) in [5, 5.41) is 9.55. The molecule has 1 unspecified atom stereocenters. The Morgan fingerprint density at radius 1 is 0.436 bits per heavy atom. The highest BCUT2D eigenvalue weighted by atomic mass is 16.6. The molecule has 0 rings (SSSR count). The first-order valence-corrected chi connectivity index (χ1v) is 21.9. The molecule has 5 nitrogen and oxygen atoms in total. The molecule has 0 amide bonds. The van der Waals surface area contributed by atoms with E-state index in [1.165, 1.54) is 38.5 Å². The maximum atomic E-state index is 12.2. The van der Waals surface area contributed by atoms with E-state index in [1.807, 2.05) is 0 Å². The van der Waals surface area contributed by atoms with Crippen molar-refractivity contribution >= 4 is 11.9 Å². The summed E-state index contributed by atoms with van der Waals surface area (Å²) in [4.78, 5) is 24.2.